The van der Waals surface area contributed by atoms with Crippen LogP contribution in [-0.2, 0) is 17.8 Å². The molecular weight excluding hydrogens is 204 g/mol. The number of hydrogen-bond acceptors (Lipinski definition) is 4. The van der Waals surface area contributed by atoms with Crippen LogP contribution in [0.2, 0.25) is 0 Å². The van der Waals surface area contributed by atoms with Crippen molar-refractivity contribution in [3.8, 4) is 0 Å². The summed E-state index contributed by atoms with van der Waals surface area (Å²) in [6.07, 6.45) is 2.82. The highest BCUT2D eigenvalue weighted by molar-refractivity contribution is 5.16. The molecule has 0 radical (unpaired) electrons. The van der Waals surface area contributed by atoms with Crippen LogP contribution in [0.3, 0.4) is 0 Å². The van der Waals surface area contributed by atoms with E-state index in [9.17, 15) is 0 Å². The van der Waals surface area contributed by atoms with Crippen LogP contribution in [-0.4, -0.2) is 39.3 Å². The van der Waals surface area contributed by atoms with Gasteiger partial charge in [-0.05, 0) is 26.6 Å². The van der Waals surface area contributed by atoms with Gasteiger partial charge in [-0.15, -0.1) is 0 Å². The minimum atomic E-state index is 0.786. The SMILES string of the molecule is CNCc1occc1CN(C)CCCOC. The second-order valence-corrected chi connectivity index (χ2v) is 3.98. The van der Waals surface area contributed by atoms with Gasteiger partial charge in [0.1, 0.15) is 5.76 Å². The van der Waals surface area contributed by atoms with E-state index < -0.39 is 0 Å². The van der Waals surface area contributed by atoms with Gasteiger partial charge in [-0.2, -0.15) is 0 Å². The van der Waals surface area contributed by atoms with Gasteiger partial charge in [-0.25, -0.2) is 0 Å². The van der Waals surface area contributed by atoms with Crippen molar-refractivity contribution < 1.29 is 9.15 Å². The number of rotatable bonds is 8. The Hall–Kier alpha value is -0.840. The molecule has 0 aromatic carbocycles. The molecule has 0 saturated heterocycles. The summed E-state index contributed by atoms with van der Waals surface area (Å²) in [6.45, 7) is 3.57. The van der Waals surface area contributed by atoms with Crippen LogP contribution < -0.4 is 5.32 Å². The molecule has 0 fully saturated rings. The van der Waals surface area contributed by atoms with Gasteiger partial charge in [0.2, 0.25) is 0 Å². The van der Waals surface area contributed by atoms with Crippen LogP contribution in [0, 0.1) is 0 Å². The molecule has 0 aliphatic carbocycles. The smallest absolute Gasteiger partial charge is 0.122 e. The van der Waals surface area contributed by atoms with Crippen molar-refractivity contribution in [1.29, 1.82) is 0 Å². The fourth-order valence-electron chi connectivity index (χ4n) is 1.67. The van der Waals surface area contributed by atoms with Crippen molar-refractivity contribution >= 4 is 0 Å². The fourth-order valence-corrected chi connectivity index (χ4v) is 1.67. The Bertz CT molecular complexity index is 286. The highest BCUT2D eigenvalue weighted by atomic mass is 16.5. The van der Waals surface area contributed by atoms with E-state index in [0.29, 0.717) is 0 Å². The van der Waals surface area contributed by atoms with Crippen LogP contribution >= 0.6 is 0 Å². The van der Waals surface area contributed by atoms with Gasteiger partial charge in [-0.3, -0.25) is 0 Å². The molecule has 0 bridgehead atoms. The van der Waals surface area contributed by atoms with Crippen molar-refractivity contribution in [3.63, 3.8) is 0 Å². The number of nitrogens with one attached hydrogen (secondary N) is 1. The zero-order valence-electron chi connectivity index (χ0n) is 10.5. The molecule has 1 aromatic rings. The van der Waals surface area contributed by atoms with Gasteiger partial charge >= 0.3 is 0 Å². The number of furan rings is 1. The Labute approximate surface area is 97.6 Å². The number of methoxy groups -OCH3 is 1. The Balaban J connectivity index is 2.36. The lowest BCUT2D eigenvalue weighted by Gasteiger charge is -2.16. The predicted molar refractivity (Wildman–Crippen MR) is 64.3 cm³/mol. The molecule has 0 aliphatic rings. The molecule has 0 amide bonds. The summed E-state index contributed by atoms with van der Waals surface area (Å²) in [4.78, 5) is 2.28. The number of ether oxygens (including phenoxy) is 1. The van der Waals surface area contributed by atoms with E-state index in [1.807, 2.05) is 13.1 Å². The molecule has 0 spiro atoms. The van der Waals surface area contributed by atoms with Gasteiger partial charge in [0.25, 0.3) is 0 Å². The van der Waals surface area contributed by atoms with Crippen molar-refractivity contribution in [2.75, 3.05) is 34.4 Å². The lowest BCUT2D eigenvalue weighted by Crippen LogP contribution is -2.21. The van der Waals surface area contributed by atoms with Crippen molar-refractivity contribution in [1.82, 2.24) is 10.2 Å². The summed E-state index contributed by atoms with van der Waals surface area (Å²) in [6, 6.07) is 2.04. The molecule has 1 heterocycles. The second kappa shape index (κ2) is 7.44. The summed E-state index contributed by atoms with van der Waals surface area (Å²) < 4.78 is 10.5. The van der Waals surface area contributed by atoms with E-state index in [0.717, 1.165) is 38.4 Å². The van der Waals surface area contributed by atoms with Crippen molar-refractivity contribution in [2.45, 2.75) is 19.5 Å². The lowest BCUT2D eigenvalue weighted by molar-refractivity contribution is 0.178. The van der Waals surface area contributed by atoms with Crippen molar-refractivity contribution in [2.24, 2.45) is 0 Å². The summed E-state index contributed by atoms with van der Waals surface area (Å²) in [5.74, 6) is 1.03. The Morgan fingerprint density at radius 1 is 1.50 bits per heavy atom. The summed E-state index contributed by atoms with van der Waals surface area (Å²) in [5.41, 5.74) is 1.26. The zero-order valence-corrected chi connectivity index (χ0v) is 10.5. The summed E-state index contributed by atoms with van der Waals surface area (Å²) >= 11 is 0. The quantitative estimate of drug-likeness (QED) is 0.681. The van der Waals surface area contributed by atoms with Gasteiger partial charge in [0.15, 0.2) is 0 Å². The van der Waals surface area contributed by atoms with E-state index in [1.165, 1.54) is 5.56 Å². The fraction of sp³-hybridized carbons (Fsp3) is 0.667. The average Bonchev–Trinajstić information content (AvgIpc) is 2.67. The van der Waals surface area contributed by atoms with E-state index >= 15 is 0 Å². The minimum absolute atomic E-state index is 0.786. The molecule has 92 valence electrons. The first-order valence-corrected chi connectivity index (χ1v) is 5.65. The van der Waals surface area contributed by atoms with Crippen LogP contribution in [0.1, 0.15) is 17.7 Å². The molecule has 1 rings (SSSR count). The monoisotopic (exact) mass is 226 g/mol. The van der Waals surface area contributed by atoms with Crippen molar-refractivity contribution in [3.05, 3.63) is 23.7 Å². The van der Waals surface area contributed by atoms with Crippen LogP contribution in [0.15, 0.2) is 16.7 Å². The third-order valence-electron chi connectivity index (χ3n) is 2.50. The number of hydrogen-bond donors (Lipinski definition) is 1. The maximum Gasteiger partial charge on any atom is 0.122 e. The van der Waals surface area contributed by atoms with E-state index in [4.69, 9.17) is 9.15 Å². The van der Waals surface area contributed by atoms with Gasteiger partial charge in [-0.1, -0.05) is 0 Å². The third-order valence-corrected chi connectivity index (χ3v) is 2.50. The Morgan fingerprint density at radius 2 is 2.31 bits per heavy atom. The molecule has 0 aliphatic heterocycles. The first-order chi connectivity index (χ1) is 7.77. The molecule has 4 nitrogen and oxygen atoms in total. The summed E-state index contributed by atoms with van der Waals surface area (Å²) in [5, 5.41) is 3.10. The largest absolute Gasteiger partial charge is 0.468 e. The highest BCUT2D eigenvalue weighted by Gasteiger charge is 2.07. The number of nitrogens with zero attached hydrogens (tertiary/aromatic N) is 1. The lowest BCUT2D eigenvalue weighted by atomic mass is 10.2. The molecule has 0 atom stereocenters. The molecule has 4 heteroatoms. The zero-order chi connectivity index (χ0) is 11.8. The van der Waals surface area contributed by atoms with Gasteiger partial charge in [0.05, 0.1) is 12.8 Å². The summed E-state index contributed by atoms with van der Waals surface area (Å²) in [7, 11) is 5.78. The first-order valence-electron chi connectivity index (χ1n) is 5.65. The van der Waals surface area contributed by atoms with Gasteiger partial charge in [0, 0.05) is 32.4 Å². The molecule has 0 saturated carbocycles. The molecule has 1 aromatic heterocycles. The highest BCUT2D eigenvalue weighted by Crippen LogP contribution is 2.12. The van der Waals surface area contributed by atoms with Crippen LogP contribution in [0.25, 0.3) is 0 Å². The Morgan fingerprint density at radius 3 is 3.00 bits per heavy atom. The van der Waals surface area contributed by atoms with E-state index in [2.05, 4.69) is 17.3 Å². The van der Waals surface area contributed by atoms with E-state index in [-0.39, 0.29) is 0 Å². The average molecular weight is 226 g/mol. The van der Waals surface area contributed by atoms with Crippen LogP contribution in [0.5, 0.6) is 0 Å². The topological polar surface area (TPSA) is 37.6 Å². The molecular formula is C12H22N2O2. The Kier molecular flexibility index (Phi) is 6.15. The third kappa shape index (κ3) is 4.35. The molecule has 1 N–H and O–H groups in total. The minimum Gasteiger partial charge on any atom is -0.468 e. The normalized spacial score (nSPS) is 11.2. The predicted octanol–water partition coefficient (Wildman–Crippen LogP) is 1.47. The standard InChI is InChI=1S/C12H22N2O2/c1-13-9-12-11(5-8-16-12)10-14(2)6-4-7-15-3/h5,8,13H,4,6-7,9-10H2,1-3H3. The van der Waals surface area contributed by atoms with Gasteiger partial charge < -0.3 is 19.4 Å². The maximum atomic E-state index is 5.42. The first kappa shape index (κ1) is 13.2. The van der Waals surface area contributed by atoms with E-state index in [1.54, 1.807) is 13.4 Å². The van der Waals surface area contributed by atoms with Crippen LogP contribution in [0.4, 0.5) is 0 Å². The second-order valence-electron chi connectivity index (χ2n) is 3.98. The maximum absolute atomic E-state index is 5.42. The molecule has 0 unspecified atom stereocenters. The molecule has 16 heavy (non-hydrogen) atoms.